The number of unbranched alkanes of at least 4 members (excludes halogenated alkanes) is 13. The molecule has 3 N–H and O–H groups in total. The summed E-state index contributed by atoms with van der Waals surface area (Å²) < 4.78 is 23.3. The van der Waals surface area contributed by atoms with Crippen molar-refractivity contribution in [2.75, 3.05) is 40.9 Å². The summed E-state index contributed by atoms with van der Waals surface area (Å²) in [4.78, 5) is 22.9. The van der Waals surface area contributed by atoms with Gasteiger partial charge in [0.2, 0.25) is 5.91 Å². The number of quaternary nitrogens is 1. The summed E-state index contributed by atoms with van der Waals surface area (Å²) in [5.41, 5.74) is 0. The summed E-state index contributed by atoms with van der Waals surface area (Å²) in [6.45, 7) is 4.56. The van der Waals surface area contributed by atoms with Crippen molar-refractivity contribution < 1.29 is 32.9 Å². The first kappa shape index (κ1) is 48.2. The minimum Gasteiger partial charge on any atom is -0.387 e. The van der Waals surface area contributed by atoms with E-state index in [0.717, 1.165) is 70.6 Å². The molecule has 3 unspecified atom stereocenters. The van der Waals surface area contributed by atoms with Crippen LogP contribution in [0.3, 0.4) is 0 Å². The molecule has 0 saturated carbocycles. The molecule has 0 radical (unpaired) electrons. The molecule has 50 heavy (non-hydrogen) atoms. The number of hydrogen-bond acceptors (Lipinski definition) is 5. The minimum absolute atomic E-state index is 0.0570. The predicted octanol–water partition coefficient (Wildman–Crippen LogP) is 10.3. The quantitative estimate of drug-likeness (QED) is 0.0264. The Morgan fingerprint density at radius 1 is 0.700 bits per heavy atom. The first-order chi connectivity index (χ1) is 24.0. The van der Waals surface area contributed by atoms with Gasteiger partial charge in [-0.2, -0.15) is 0 Å². The van der Waals surface area contributed by atoms with Crippen LogP contribution in [0.1, 0.15) is 142 Å². The number of nitrogens with one attached hydrogen (secondary N) is 1. The van der Waals surface area contributed by atoms with Gasteiger partial charge < -0.3 is 19.8 Å². The van der Waals surface area contributed by atoms with Crippen molar-refractivity contribution in [3.63, 3.8) is 0 Å². The van der Waals surface area contributed by atoms with Crippen molar-refractivity contribution >= 4 is 13.7 Å². The van der Waals surface area contributed by atoms with Crippen molar-refractivity contribution in [2.24, 2.45) is 0 Å². The van der Waals surface area contributed by atoms with E-state index < -0.39 is 20.0 Å². The highest BCUT2D eigenvalue weighted by atomic mass is 31.2. The lowest BCUT2D eigenvalue weighted by molar-refractivity contribution is -0.870. The second-order valence-electron chi connectivity index (χ2n) is 14.3. The Bertz CT molecular complexity index is 1000. The van der Waals surface area contributed by atoms with Gasteiger partial charge in [-0.15, -0.1) is 0 Å². The number of amides is 1. The van der Waals surface area contributed by atoms with Crippen LogP contribution in [-0.4, -0.2) is 73.4 Å². The number of phosphoric ester groups is 1. The van der Waals surface area contributed by atoms with Crippen LogP contribution in [0, 0.1) is 0 Å². The Balaban J connectivity index is 4.14. The van der Waals surface area contributed by atoms with E-state index in [1.54, 1.807) is 6.08 Å². The number of phosphoric acid groups is 1. The maximum absolute atomic E-state index is 12.7. The Kier molecular flexibility index (Phi) is 31.9. The van der Waals surface area contributed by atoms with Crippen molar-refractivity contribution in [2.45, 2.75) is 154 Å². The minimum atomic E-state index is -4.32. The zero-order valence-corrected chi connectivity index (χ0v) is 33.5. The molecule has 0 fully saturated rings. The van der Waals surface area contributed by atoms with Crippen LogP contribution in [0.15, 0.2) is 60.8 Å². The van der Waals surface area contributed by atoms with Gasteiger partial charge in [0, 0.05) is 6.42 Å². The second-order valence-corrected chi connectivity index (χ2v) is 15.7. The van der Waals surface area contributed by atoms with E-state index in [9.17, 15) is 19.4 Å². The van der Waals surface area contributed by atoms with Crippen molar-refractivity contribution in [3.8, 4) is 0 Å². The third kappa shape index (κ3) is 34.6. The Labute approximate surface area is 307 Å². The molecule has 0 aliphatic rings. The first-order valence-corrected chi connectivity index (χ1v) is 21.2. The average Bonchev–Trinajstić information content (AvgIpc) is 3.06. The fourth-order valence-electron chi connectivity index (χ4n) is 5.09. The van der Waals surface area contributed by atoms with Crippen LogP contribution in [0.5, 0.6) is 0 Å². The van der Waals surface area contributed by atoms with Gasteiger partial charge in [0.15, 0.2) is 0 Å². The Morgan fingerprint density at radius 2 is 1.20 bits per heavy atom. The summed E-state index contributed by atoms with van der Waals surface area (Å²) in [6, 6.07) is -0.846. The van der Waals surface area contributed by atoms with Gasteiger partial charge in [0.05, 0.1) is 39.9 Å². The molecule has 0 rings (SSSR count). The predicted molar refractivity (Wildman–Crippen MR) is 212 cm³/mol. The van der Waals surface area contributed by atoms with Gasteiger partial charge in [0.25, 0.3) is 0 Å². The van der Waals surface area contributed by atoms with E-state index in [0.29, 0.717) is 17.4 Å². The van der Waals surface area contributed by atoms with Gasteiger partial charge in [-0.05, 0) is 57.8 Å². The van der Waals surface area contributed by atoms with Gasteiger partial charge in [0.1, 0.15) is 13.2 Å². The number of allylic oxidation sites excluding steroid dienone is 9. The van der Waals surface area contributed by atoms with Crippen LogP contribution in [0.4, 0.5) is 0 Å². The summed E-state index contributed by atoms with van der Waals surface area (Å²) in [5.74, 6) is -0.193. The average molecular weight is 724 g/mol. The van der Waals surface area contributed by atoms with Crippen LogP contribution in [0.2, 0.25) is 0 Å². The fourth-order valence-corrected chi connectivity index (χ4v) is 5.82. The third-order valence-corrected chi connectivity index (χ3v) is 9.23. The summed E-state index contributed by atoms with van der Waals surface area (Å²) in [6.07, 6.45) is 41.9. The molecular formula is C41H76N2O6P+. The molecule has 0 spiro atoms. The zero-order chi connectivity index (χ0) is 37.2. The van der Waals surface area contributed by atoms with Crippen molar-refractivity contribution in [3.05, 3.63) is 60.8 Å². The number of carbonyl (C=O) groups is 1. The molecule has 0 saturated heterocycles. The van der Waals surface area contributed by atoms with Crippen molar-refractivity contribution in [1.29, 1.82) is 0 Å². The smallest absolute Gasteiger partial charge is 0.387 e. The number of rotatable bonds is 34. The maximum Gasteiger partial charge on any atom is 0.472 e. The lowest BCUT2D eigenvalue weighted by Crippen LogP contribution is -2.45. The SMILES string of the molecule is CC/C=C\C/C=C\C/C=C\C/C=C\CCCCCCCCCCCCC(=O)NC(COP(=O)(O)OCC[N+](C)(C)C)C(O)/C=C/CCCCC. The lowest BCUT2D eigenvalue weighted by Gasteiger charge is -2.25. The molecule has 0 aromatic carbocycles. The number of aliphatic hydroxyl groups excluding tert-OH is 1. The third-order valence-electron chi connectivity index (χ3n) is 8.24. The van der Waals surface area contributed by atoms with E-state index in [-0.39, 0.29) is 19.1 Å². The number of hydrogen-bond donors (Lipinski definition) is 3. The molecule has 0 aromatic heterocycles. The Hall–Kier alpha value is -1.80. The zero-order valence-electron chi connectivity index (χ0n) is 32.6. The molecule has 0 heterocycles. The van der Waals surface area contributed by atoms with E-state index in [2.05, 4.69) is 67.8 Å². The number of aliphatic hydroxyl groups is 1. The molecule has 0 aliphatic carbocycles. The Morgan fingerprint density at radius 3 is 1.76 bits per heavy atom. The summed E-state index contributed by atoms with van der Waals surface area (Å²) in [5, 5.41) is 13.6. The standard InChI is InChI=1S/C41H75N2O6P/c1-6-8-10-12-13-14-15-16-17-18-19-20-21-22-23-24-25-26-27-28-29-31-33-35-41(45)42-39(40(44)34-32-30-11-9-7-2)38-49-50(46,47)48-37-36-43(3,4)5/h8,10,13-14,16-17,19-20,32,34,39-40,44H,6-7,9,11-12,15,18,21-31,33,35-38H2,1-5H3,(H-,42,45,46,47)/p+1/b10-8-,14-13-,17-16-,20-19-,34-32+. The summed E-state index contributed by atoms with van der Waals surface area (Å²) in [7, 11) is 1.55. The van der Waals surface area contributed by atoms with Crippen LogP contribution >= 0.6 is 7.82 Å². The molecule has 1 amide bonds. The normalized spacial score (nSPS) is 15.3. The highest BCUT2D eigenvalue weighted by molar-refractivity contribution is 7.47. The topological polar surface area (TPSA) is 105 Å². The van der Waals surface area contributed by atoms with Gasteiger partial charge in [-0.3, -0.25) is 13.8 Å². The van der Waals surface area contributed by atoms with Gasteiger partial charge in [-0.1, -0.05) is 139 Å². The maximum atomic E-state index is 12.7. The van der Waals surface area contributed by atoms with Crippen molar-refractivity contribution in [1.82, 2.24) is 5.32 Å². The molecule has 0 aliphatic heterocycles. The molecule has 0 bridgehead atoms. The molecule has 8 nitrogen and oxygen atoms in total. The molecule has 3 atom stereocenters. The molecule has 0 aromatic rings. The monoisotopic (exact) mass is 724 g/mol. The number of nitrogens with zero attached hydrogens (tertiary/aromatic N) is 1. The van der Waals surface area contributed by atoms with E-state index >= 15 is 0 Å². The number of carbonyl (C=O) groups excluding carboxylic acids is 1. The number of likely N-dealkylation sites (N-methyl/N-ethyl adjacent to an activating group) is 1. The van der Waals surface area contributed by atoms with E-state index in [4.69, 9.17) is 9.05 Å². The van der Waals surface area contributed by atoms with Crippen LogP contribution in [0.25, 0.3) is 0 Å². The van der Waals surface area contributed by atoms with E-state index in [1.165, 1.54) is 51.4 Å². The van der Waals surface area contributed by atoms with Crippen LogP contribution in [-0.2, 0) is 18.4 Å². The summed E-state index contributed by atoms with van der Waals surface area (Å²) >= 11 is 0. The first-order valence-electron chi connectivity index (χ1n) is 19.7. The molecular weight excluding hydrogens is 647 g/mol. The van der Waals surface area contributed by atoms with Gasteiger partial charge in [-0.25, -0.2) is 4.57 Å². The fraction of sp³-hybridized carbons (Fsp3) is 0.732. The van der Waals surface area contributed by atoms with Crippen LogP contribution < -0.4 is 5.32 Å². The van der Waals surface area contributed by atoms with Gasteiger partial charge >= 0.3 is 7.82 Å². The highest BCUT2D eigenvalue weighted by Crippen LogP contribution is 2.43. The molecule has 290 valence electrons. The second kappa shape index (κ2) is 33.1. The largest absolute Gasteiger partial charge is 0.472 e. The molecule has 9 heteroatoms. The lowest BCUT2D eigenvalue weighted by atomic mass is 10.0. The van der Waals surface area contributed by atoms with E-state index in [1.807, 2.05) is 27.2 Å². The highest BCUT2D eigenvalue weighted by Gasteiger charge is 2.27.